The third kappa shape index (κ3) is 27.3. The summed E-state index contributed by atoms with van der Waals surface area (Å²) in [5.74, 6) is 0.0400. The Balaban J connectivity index is -0.000000118. The van der Waals surface area contributed by atoms with Crippen molar-refractivity contribution in [2.75, 3.05) is 25.0 Å². The highest BCUT2D eigenvalue weighted by Crippen LogP contribution is 2.10. The molecule has 1 rings (SSSR count). The Morgan fingerprint density at radius 2 is 1.42 bits per heavy atom. The quantitative estimate of drug-likeness (QED) is 0.302. The molecule has 0 radical (unpaired) electrons. The minimum atomic E-state index is 0.0400. The van der Waals surface area contributed by atoms with E-state index in [1.165, 1.54) is 19.0 Å². The first-order valence-corrected chi connectivity index (χ1v) is 12.3. The molecule has 0 saturated heterocycles. The van der Waals surface area contributed by atoms with Crippen LogP contribution in [0.15, 0.2) is 66.9 Å². The van der Waals surface area contributed by atoms with E-state index in [4.69, 9.17) is 4.79 Å². The Bertz CT molecular complexity index is 579. The fraction of sp³-hybridized carbons (Fsp3) is 0.517. The lowest BCUT2D eigenvalue weighted by atomic mass is 10.3. The van der Waals surface area contributed by atoms with Crippen LogP contribution in [0.25, 0.3) is 0 Å². The Kier molecular flexibility index (Phi) is 45.3. The number of rotatable bonds is 7. The third-order valence-corrected chi connectivity index (χ3v) is 3.43. The van der Waals surface area contributed by atoms with Gasteiger partial charge in [-0.15, -0.1) is 0 Å². The molecule has 0 bridgehead atoms. The van der Waals surface area contributed by atoms with Gasteiger partial charge in [-0.2, -0.15) is 0 Å². The molecule has 0 aliphatic heterocycles. The van der Waals surface area contributed by atoms with Crippen LogP contribution in [0, 0.1) is 0 Å². The van der Waals surface area contributed by atoms with Crippen molar-refractivity contribution in [3.63, 3.8) is 0 Å². The highest BCUT2D eigenvalue weighted by Gasteiger charge is 2.07. The van der Waals surface area contributed by atoms with Crippen molar-refractivity contribution in [1.29, 1.82) is 0 Å². The molecule has 0 aliphatic carbocycles. The molecule has 0 spiro atoms. The summed E-state index contributed by atoms with van der Waals surface area (Å²) in [5, 5.41) is 0. The summed E-state index contributed by atoms with van der Waals surface area (Å²) >= 11 is 0. The van der Waals surface area contributed by atoms with Crippen LogP contribution in [0.4, 0.5) is 5.69 Å². The topological polar surface area (TPSA) is 40.6 Å². The Morgan fingerprint density at radius 1 is 0.970 bits per heavy atom. The van der Waals surface area contributed by atoms with Gasteiger partial charge in [0.05, 0.1) is 0 Å². The zero-order chi connectivity index (χ0) is 27.1. The number of carbonyl (C=O) groups is 2. The lowest BCUT2D eigenvalue weighted by Gasteiger charge is -2.19. The number of likely N-dealkylation sites (N-methyl/N-ethyl adjacent to an activating group) is 1. The van der Waals surface area contributed by atoms with Gasteiger partial charge in [-0.3, -0.25) is 4.79 Å². The van der Waals surface area contributed by atoms with E-state index < -0.39 is 0 Å². The van der Waals surface area contributed by atoms with Gasteiger partial charge in [0.15, 0.2) is 0 Å². The molecule has 0 aromatic heterocycles. The average molecular weight is 463 g/mol. The normalized spacial score (nSPS) is 8.79. The smallest absolute Gasteiger partial charge is 0.223 e. The zero-order valence-corrected chi connectivity index (χ0v) is 23.8. The Labute approximate surface area is 207 Å². The first-order chi connectivity index (χ1) is 15.9. The summed E-state index contributed by atoms with van der Waals surface area (Å²) in [4.78, 5) is 23.9. The van der Waals surface area contributed by atoms with Crippen LogP contribution in [-0.2, 0) is 9.59 Å². The largest absolute Gasteiger partial charge is 0.375 e. The maximum Gasteiger partial charge on any atom is 0.223 e. The van der Waals surface area contributed by atoms with Crippen LogP contribution in [0.1, 0.15) is 82.6 Å². The highest BCUT2D eigenvalue weighted by molar-refractivity contribution is 5.75. The van der Waals surface area contributed by atoms with Crippen LogP contribution in [0.3, 0.4) is 0 Å². The van der Waals surface area contributed by atoms with Crippen LogP contribution < -0.4 is 4.90 Å². The SMILES string of the molecule is C=C/C(=C\C=C/C)N(CC)C(C)=O.CC.CC.CC.CC=O.CCCN(C)c1ccccc1. The van der Waals surface area contributed by atoms with E-state index in [9.17, 15) is 4.79 Å². The Morgan fingerprint density at radius 3 is 1.73 bits per heavy atom. The molecular weight excluding hydrogens is 408 g/mol. The van der Waals surface area contributed by atoms with Crippen molar-refractivity contribution in [1.82, 2.24) is 4.90 Å². The predicted molar refractivity (Wildman–Crippen MR) is 152 cm³/mol. The molecule has 1 amide bonds. The van der Waals surface area contributed by atoms with Gasteiger partial charge in [0.2, 0.25) is 5.91 Å². The molecule has 0 aliphatic rings. The van der Waals surface area contributed by atoms with Crippen molar-refractivity contribution in [2.45, 2.75) is 82.6 Å². The van der Waals surface area contributed by atoms with E-state index in [2.05, 4.69) is 49.7 Å². The van der Waals surface area contributed by atoms with Gasteiger partial charge in [0, 0.05) is 38.4 Å². The zero-order valence-electron chi connectivity index (χ0n) is 23.8. The fourth-order valence-electron chi connectivity index (χ4n) is 2.20. The molecule has 0 heterocycles. The molecule has 192 valence electrons. The summed E-state index contributed by atoms with van der Waals surface area (Å²) in [5.41, 5.74) is 2.14. The van der Waals surface area contributed by atoms with Crippen LogP contribution in [0.2, 0.25) is 0 Å². The number of para-hydroxylation sites is 1. The molecule has 4 nitrogen and oxygen atoms in total. The number of amides is 1. The lowest BCUT2D eigenvalue weighted by molar-refractivity contribution is -0.126. The van der Waals surface area contributed by atoms with E-state index in [0.29, 0.717) is 6.54 Å². The summed E-state index contributed by atoms with van der Waals surface area (Å²) < 4.78 is 0. The molecule has 0 saturated carbocycles. The monoisotopic (exact) mass is 462 g/mol. The summed E-state index contributed by atoms with van der Waals surface area (Å²) in [6.45, 7) is 26.5. The van der Waals surface area contributed by atoms with Gasteiger partial charge in [-0.05, 0) is 51.5 Å². The van der Waals surface area contributed by atoms with E-state index in [0.717, 1.165) is 18.5 Å². The van der Waals surface area contributed by atoms with Gasteiger partial charge >= 0.3 is 0 Å². The number of hydrogen-bond acceptors (Lipinski definition) is 3. The summed E-state index contributed by atoms with van der Waals surface area (Å²) in [7, 11) is 2.12. The van der Waals surface area contributed by atoms with Crippen molar-refractivity contribution in [3.05, 3.63) is 66.9 Å². The number of allylic oxidation sites excluding steroid dienone is 4. The second-order valence-corrected chi connectivity index (χ2v) is 5.58. The second-order valence-electron chi connectivity index (χ2n) is 5.58. The average Bonchev–Trinajstić information content (AvgIpc) is 2.87. The number of aldehydes is 1. The van der Waals surface area contributed by atoms with E-state index in [1.54, 1.807) is 17.9 Å². The highest BCUT2D eigenvalue weighted by atomic mass is 16.2. The number of hydrogen-bond donors (Lipinski definition) is 0. The minimum Gasteiger partial charge on any atom is -0.375 e. The molecule has 4 heteroatoms. The molecule has 0 unspecified atom stereocenters. The van der Waals surface area contributed by atoms with Gasteiger partial charge in [0.1, 0.15) is 6.29 Å². The molecule has 1 aromatic carbocycles. The number of anilines is 1. The number of nitrogens with zero attached hydrogens (tertiary/aromatic N) is 2. The molecule has 33 heavy (non-hydrogen) atoms. The lowest BCUT2D eigenvalue weighted by Crippen LogP contribution is -2.26. The molecular formula is C29H54N2O2. The third-order valence-electron chi connectivity index (χ3n) is 3.43. The van der Waals surface area contributed by atoms with Gasteiger partial charge in [-0.25, -0.2) is 0 Å². The van der Waals surface area contributed by atoms with E-state index in [-0.39, 0.29) is 5.91 Å². The minimum absolute atomic E-state index is 0.0400. The van der Waals surface area contributed by atoms with Crippen LogP contribution >= 0.6 is 0 Å². The van der Waals surface area contributed by atoms with Crippen molar-refractivity contribution >= 4 is 17.9 Å². The van der Waals surface area contributed by atoms with Crippen LogP contribution in [-0.4, -0.2) is 37.2 Å². The maximum absolute atomic E-state index is 11.2. The van der Waals surface area contributed by atoms with Crippen molar-refractivity contribution < 1.29 is 9.59 Å². The standard InChI is InChI=1S/C11H17NO.C10H15N.C2H4O.3C2H6/c1-5-8-9-11(6-2)12(7-3)10(4)13;1-3-9-11(2)10-7-5-4-6-8-10;1-2-3;3*1-2/h5-6,8-9H,2,7H2,1,3-4H3;4-8H,3,9H2,1-2H3;2H,1H3;3*1-2H3/b8-5-,11-9+;;;;;. The van der Waals surface area contributed by atoms with Crippen molar-refractivity contribution in [2.24, 2.45) is 0 Å². The number of benzene rings is 1. The maximum atomic E-state index is 11.2. The number of carbonyl (C=O) groups excluding carboxylic acids is 2. The van der Waals surface area contributed by atoms with Crippen LogP contribution in [0.5, 0.6) is 0 Å². The first-order valence-electron chi connectivity index (χ1n) is 12.3. The Hall–Kier alpha value is -2.62. The molecule has 0 N–H and O–H groups in total. The first kappa shape index (κ1) is 40.7. The molecule has 0 fully saturated rings. The van der Waals surface area contributed by atoms with Crippen molar-refractivity contribution in [3.8, 4) is 0 Å². The summed E-state index contributed by atoms with van der Waals surface area (Å²) in [6.07, 6.45) is 9.31. The molecule has 0 atom stereocenters. The second kappa shape index (κ2) is 36.7. The predicted octanol–water partition coefficient (Wildman–Crippen LogP) is 8.32. The molecule has 1 aromatic rings. The van der Waals surface area contributed by atoms with E-state index in [1.807, 2.05) is 79.7 Å². The van der Waals surface area contributed by atoms with E-state index >= 15 is 0 Å². The van der Waals surface area contributed by atoms with Gasteiger partial charge in [0.25, 0.3) is 0 Å². The fourth-order valence-corrected chi connectivity index (χ4v) is 2.20. The summed E-state index contributed by atoms with van der Waals surface area (Å²) in [6, 6.07) is 10.5. The van der Waals surface area contributed by atoms with Gasteiger partial charge < -0.3 is 14.6 Å². The van der Waals surface area contributed by atoms with Gasteiger partial charge in [-0.1, -0.05) is 85.4 Å².